The van der Waals surface area contributed by atoms with Crippen LogP contribution in [0.15, 0.2) is 30.3 Å². The standard InChI is InChI=1S/C20H22N2O3S/c1-2-12-7-8-17-14(9-12)11-18(26-17)20(24)22-21-19(23)16-10-13-5-3-4-6-15(13)25-16/h3-6,11-12,16H,2,7-10H2,1H3,(H,21,23)(H,22,24)/t12-,16+/m0/s1. The molecule has 26 heavy (non-hydrogen) atoms. The molecular weight excluding hydrogens is 348 g/mol. The Bertz CT molecular complexity index is 820. The van der Waals surface area contributed by atoms with Crippen molar-refractivity contribution in [2.75, 3.05) is 0 Å². The van der Waals surface area contributed by atoms with Crippen molar-refractivity contribution in [2.45, 2.75) is 45.1 Å². The molecule has 0 radical (unpaired) electrons. The predicted molar refractivity (Wildman–Crippen MR) is 100 cm³/mol. The van der Waals surface area contributed by atoms with Crippen molar-refractivity contribution in [3.8, 4) is 5.75 Å². The van der Waals surface area contributed by atoms with E-state index in [1.165, 1.54) is 34.6 Å². The number of ether oxygens (including phenoxy) is 1. The van der Waals surface area contributed by atoms with Crippen molar-refractivity contribution >= 4 is 23.2 Å². The second kappa shape index (κ2) is 7.11. The molecule has 1 aliphatic carbocycles. The molecule has 0 spiro atoms. The van der Waals surface area contributed by atoms with Gasteiger partial charge in [0.25, 0.3) is 11.8 Å². The number of para-hydroxylation sites is 1. The molecule has 2 atom stereocenters. The summed E-state index contributed by atoms with van der Waals surface area (Å²) in [6.07, 6.45) is 4.39. The van der Waals surface area contributed by atoms with Crippen LogP contribution in [0.3, 0.4) is 0 Å². The summed E-state index contributed by atoms with van der Waals surface area (Å²) in [5.41, 5.74) is 7.33. The number of hydrazine groups is 1. The topological polar surface area (TPSA) is 67.4 Å². The minimum absolute atomic E-state index is 0.263. The fourth-order valence-corrected chi connectivity index (χ4v) is 4.75. The molecule has 1 aromatic carbocycles. The molecule has 0 saturated heterocycles. The maximum absolute atomic E-state index is 12.4. The number of amides is 2. The molecule has 2 N–H and O–H groups in total. The summed E-state index contributed by atoms with van der Waals surface area (Å²) < 4.78 is 5.64. The first-order chi connectivity index (χ1) is 12.6. The highest BCUT2D eigenvalue weighted by molar-refractivity contribution is 7.14. The largest absolute Gasteiger partial charge is 0.480 e. The van der Waals surface area contributed by atoms with Crippen LogP contribution < -0.4 is 15.6 Å². The molecule has 2 aliphatic rings. The maximum atomic E-state index is 12.4. The van der Waals surface area contributed by atoms with E-state index >= 15 is 0 Å². The molecule has 0 unspecified atom stereocenters. The van der Waals surface area contributed by atoms with E-state index < -0.39 is 6.10 Å². The smallest absolute Gasteiger partial charge is 0.279 e. The zero-order valence-corrected chi connectivity index (χ0v) is 15.5. The second-order valence-corrected chi connectivity index (χ2v) is 8.07. The number of hydrogen-bond donors (Lipinski definition) is 2. The number of aryl methyl sites for hydroxylation is 1. The summed E-state index contributed by atoms with van der Waals surface area (Å²) in [7, 11) is 0. The molecule has 2 heterocycles. The molecule has 1 aliphatic heterocycles. The van der Waals surface area contributed by atoms with Crippen LogP contribution in [0, 0.1) is 5.92 Å². The number of thiophene rings is 1. The first kappa shape index (κ1) is 17.1. The highest BCUT2D eigenvalue weighted by Crippen LogP contribution is 2.33. The lowest BCUT2D eigenvalue weighted by Gasteiger charge is -2.19. The number of benzene rings is 1. The van der Waals surface area contributed by atoms with Crippen molar-refractivity contribution in [2.24, 2.45) is 5.92 Å². The number of rotatable bonds is 3. The molecule has 2 amide bonds. The van der Waals surface area contributed by atoms with Crippen LogP contribution in [0.2, 0.25) is 0 Å². The number of hydrogen-bond acceptors (Lipinski definition) is 4. The lowest BCUT2D eigenvalue weighted by atomic mass is 9.87. The van der Waals surface area contributed by atoms with Crippen molar-refractivity contribution in [3.05, 3.63) is 51.2 Å². The van der Waals surface area contributed by atoms with Crippen LogP contribution in [0.4, 0.5) is 0 Å². The van der Waals surface area contributed by atoms with E-state index in [1.54, 1.807) is 0 Å². The summed E-state index contributed by atoms with van der Waals surface area (Å²) in [5, 5.41) is 0. The Labute approximate surface area is 156 Å². The Balaban J connectivity index is 1.33. The zero-order valence-electron chi connectivity index (χ0n) is 14.7. The Morgan fingerprint density at radius 2 is 2.04 bits per heavy atom. The molecule has 0 fully saturated rings. The lowest BCUT2D eigenvalue weighted by molar-refractivity contribution is -0.128. The number of nitrogens with one attached hydrogen (secondary N) is 2. The van der Waals surface area contributed by atoms with Gasteiger partial charge in [-0.05, 0) is 48.4 Å². The Morgan fingerprint density at radius 1 is 1.19 bits per heavy atom. The number of fused-ring (bicyclic) bond motifs is 2. The SMILES string of the molecule is CC[C@H]1CCc2sc(C(=O)NNC(=O)[C@H]3Cc4ccccc4O3)cc2C1. The van der Waals surface area contributed by atoms with Crippen LogP contribution in [0.1, 0.15) is 45.4 Å². The summed E-state index contributed by atoms with van der Waals surface area (Å²) in [5.74, 6) is 0.854. The molecule has 0 bridgehead atoms. The van der Waals surface area contributed by atoms with Gasteiger partial charge in [-0.2, -0.15) is 0 Å². The van der Waals surface area contributed by atoms with Gasteiger partial charge in [0, 0.05) is 11.3 Å². The van der Waals surface area contributed by atoms with E-state index in [9.17, 15) is 9.59 Å². The second-order valence-electron chi connectivity index (χ2n) is 6.94. The van der Waals surface area contributed by atoms with E-state index in [0.29, 0.717) is 17.2 Å². The monoisotopic (exact) mass is 370 g/mol. The fourth-order valence-electron chi connectivity index (χ4n) is 3.65. The van der Waals surface area contributed by atoms with E-state index in [0.717, 1.165) is 24.2 Å². The van der Waals surface area contributed by atoms with Gasteiger partial charge in [0.1, 0.15) is 5.75 Å². The third-order valence-corrected chi connectivity index (χ3v) is 6.46. The zero-order chi connectivity index (χ0) is 18.1. The molecule has 0 saturated carbocycles. The minimum atomic E-state index is -0.602. The van der Waals surface area contributed by atoms with E-state index in [1.807, 2.05) is 30.3 Å². The molecule has 2 aromatic rings. The van der Waals surface area contributed by atoms with Crippen LogP contribution in [-0.2, 0) is 24.1 Å². The van der Waals surface area contributed by atoms with Crippen molar-refractivity contribution in [3.63, 3.8) is 0 Å². The quantitative estimate of drug-likeness (QED) is 0.816. The van der Waals surface area contributed by atoms with Gasteiger partial charge in [-0.3, -0.25) is 20.4 Å². The Morgan fingerprint density at radius 3 is 2.85 bits per heavy atom. The van der Waals surface area contributed by atoms with Crippen LogP contribution in [0.25, 0.3) is 0 Å². The number of carbonyl (C=O) groups is 2. The maximum Gasteiger partial charge on any atom is 0.279 e. The molecule has 6 heteroatoms. The summed E-state index contributed by atoms with van der Waals surface area (Å²) in [6, 6.07) is 9.57. The van der Waals surface area contributed by atoms with E-state index in [2.05, 4.69) is 17.8 Å². The average molecular weight is 370 g/mol. The van der Waals surface area contributed by atoms with Gasteiger partial charge in [-0.15, -0.1) is 11.3 Å². The van der Waals surface area contributed by atoms with E-state index in [4.69, 9.17) is 4.74 Å². The predicted octanol–water partition coefficient (Wildman–Crippen LogP) is 3.03. The Kier molecular flexibility index (Phi) is 4.68. The highest BCUT2D eigenvalue weighted by Gasteiger charge is 2.29. The number of carbonyl (C=O) groups excluding carboxylic acids is 2. The third-order valence-electron chi connectivity index (χ3n) is 5.22. The Hall–Kier alpha value is -2.34. The van der Waals surface area contributed by atoms with Crippen molar-refractivity contribution < 1.29 is 14.3 Å². The van der Waals surface area contributed by atoms with Crippen molar-refractivity contribution in [1.29, 1.82) is 0 Å². The summed E-state index contributed by atoms with van der Waals surface area (Å²) >= 11 is 1.54. The van der Waals surface area contributed by atoms with Crippen LogP contribution in [0.5, 0.6) is 5.75 Å². The van der Waals surface area contributed by atoms with Crippen LogP contribution >= 0.6 is 11.3 Å². The van der Waals surface area contributed by atoms with Crippen molar-refractivity contribution in [1.82, 2.24) is 10.9 Å². The van der Waals surface area contributed by atoms with Gasteiger partial charge in [0.15, 0.2) is 6.10 Å². The minimum Gasteiger partial charge on any atom is -0.480 e. The molecule has 1 aromatic heterocycles. The van der Waals surface area contributed by atoms with Gasteiger partial charge in [-0.1, -0.05) is 31.5 Å². The normalized spacial score (nSPS) is 20.7. The lowest BCUT2D eigenvalue weighted by Crippen LogP contribution is -2.47. The van der Waals surface area contributed by atoms with Gasteiger partial charge >= 0.3 is 0 Å². The highest BCUT2D eigenvalue weighted by atomic mass is 32.1. The van der Waals surface area contributed by atoms with Gasteiger partial charge in [0.05, 0.1) is 4.88 Å². The molecule has 5 nitrogen and oxygen atoms in total. The van der Waals surface area contributed by atoms with Gasteiger partial charge in [0.2, 0.25) is 0 Å². The molecular formula is C20H22N2O3S. The average Bonchev–Trinajstić information content (AvgIpc) is 3.28. The molecule has 136 valence electrons. The van der Waals surface area contributed by atoms with Gasteiger partial charge in [-0.25, -0.2) is 0 Å². The third kappa shape index (κ3) is 3.33. The first-order valence-corrected chi connectivity index (χ1v) is 9.92. The van der Waals surface area contributed by atoms with Gasteiger partial charge < -0.3 is 4.74 Å². The first-order valence-electron chi connectivity index (χ1n) is 9.10. The molecule has 4 rings (SSSR count). The fraction of sp³-hybridized carbons (Fsp3) is 0.400. The van der Waals surface area contributed by atoms with E-state index in [-0.39, 0.29) is 11.8 Å². The summed E-state index contributed by atoms with van der Waals surface area (Å²) in [4.78, 5) is 26.6. The summed E-state index contributed by atoms with van der Waals surface area (Å²) in [6.45, 7) is 2.22. The van der Waals surface area contributed by atoms with Crippen LogP contribution in [-0.4, -0.2) is 17.9 Å².